The summed E-state index contributed by atoms with van der Waals surface area (Å²) in [4.78, 5) is 12.2. The summed E-state index contributed by atoms with van der Waals surface area (Å²) in [6.45, 7) is 0.730. The highest BCUT2D eigenvalue weighted by Crippen LogP contribution is 2.33. The van der Waals surface area contributed by atoms with Gasteiger partial charge in [-0.3, -0.25) is 4.79 Å². The molecule has 2 N–H and O–H groups in total. The molecule has 0 spiro atoms. The molecule has 0 unspecified atom stereocenters. The van der Waals surface area contributed by atoms with E-state index in [0.29, 0.717) is 13.1 Å². The van der Waals surface area contributed by atoms with Gasteiger partial charge >= 0.3 is 6.18 Å². The van der Waals surface area contributed by atoms with Crippen molar-refractivity contribution in [2.24, 2.45) is 0 Å². The van der Waals surface area contributed by atoms with Crippen LogP contribution in [0.2, 0.25) is 0 Å². The Balaban J connectivity index is 1.92. The number of nitrogens with zero attached hydrogens (tertiary/aromatic N) is 1. The van der Waals surface area contributed by atoms with E-state index in [9.17, 15) is 31.5 Å². The smallest absolute Gasteiger partial charge is 0.417 e. The summed E-state index contributed by atoms with van der Waals surface area (Å²) in [6.07, 6.45) is -3.28. The standard InChI is InChI=1S/C18H17F3N2O4S/c19-18(20,21)14-6-2-1-5-13(14)17(25)22-15-11-12(7-8-16(15)24)28(26,27)23-9-3-4-10-23/h1-2,5-8,11,24H,3-4,9-10H2,(H,22,25). The number of sulfonamides is 1. The first-order valence-electron chi connectivity index (χ1n) is 8.41. The van der Waals surface area contributed by atoms with Crippen molar-refractivity contribution in [3.8, 4) is 5.75 Å². The highest BCUT2D eigenvalue weighted by Gasteiger charge is 2.35. The highest BCUT2D eigenvalue weighted by atomic mass is 32.2. The van der Waals surface area contributed by atoms with E-state index in [1.165, 1.54) is 16.4 Å². The quantitative estimate of drug-likeness (QED) is 0.751. The Morgan fingerprint density at radius 3 is 2.36 bits per heavy atom. The number of aromatic hydroxyl groups is 1. The van der Waals surface area contributed by atoms with E-state index in [1.54, 1.807) is 0 Å². The number of amides is 1. The molecule has 1 fully saturated rings. The fourth-order valence-electron chi connectivity index (χ4n) is 2.97. The number of anilines is 1. The second kappa shape index (κ2) is 7.44. The SMILES string of the molecule is O=C(Nc1cc(S(=O)(=O)N2CCCC2)ccc1O)c1ccccc1C(F)(F)F. The van der Waals surface area contributed by atoms with Crippen molar-refractivity contribution in [2.75, 3.05) is 18.4 Å². The Labute approximate surface area is 159 Å². The first-order valence-corrected chi connectivity index (χ1v) is 9.85. The first kappa shape index (κ1) is 20.2. The minimum atomic E-state index is -4.74. The van der Waals surface area contributed by atoms with Crippen molar-refractivity contribution in [3.05, 3.63) is 53.6 Å². The van der Waals surface area contributed by atoms with Crippen LogP contribution >= 0.6 is 0 Å². The monoisotopic (exact) mass is 414 g/mol. The average molecular weight is 414 g/mol. The van der Waals surface area contributed by atoms with Crippen LogP contribution in [-0.4, -0.2) is 36.8 Å². The summed E-state index contributed by atoms with van der Waals surface area (Å²) in [5.41, 5.74) is -2.06. The van der Waals surface area contributed by atoms with Gasteiger partial charge in [0.2, 0.25) is 10.0 Å². The Morgan fingerprint density at radius 2 is 1.71 bits per heavy atom. The van der Waals surface area contributed by atoms with E-state index < -0.39 is 39.0 Å². The molecule has 0 aromatic heterocycles. The summed E-state index contributed by atoms with van der Waals surface area (Å²) in [6, 6.07) is 7.50. The third-order valence-electron chi connectivity index (χ3n) is 4.40. The second-order valence-corrected chi connectivity index (χ2v) is 8.23. The zero-order valence-electron chi connectivity index (χ0n) is 14.5. The van der Waals surface area contributed by atoms with Crippen LogP contribution in [-0.2, 0) is 16.2 Å². The Hall–Kier alpha value is -2.59. The molecule has 1 aliphatic rings. The number of hydrogen-bond acceptors (Lipinski definition) is 4. The molecule has 6 nitrogen and oxygen atoms in total. The van der Waals surface area contributed by atoms with Crippen LogP contribution in [0.5, 0.6) is 5.75 Å². The lowest BCUT2D eigenvalue weighted by atomic mass is 10.1. The molecule has 0 saturated carbocycles. The predicted molar refractivity (Wildman–Crippen MR) is 95.5 cm³/mol. The third kappa shape index (κ3) is 3.97. The molecular weight excluding hydrogens is 397 g/mol. The zero-order chi connectivity index (χ0) is 20.5. The molecule has 150 valence electrons. The summed E-state index contributed by atoms with van der Waals surface area (Å²) in [7, 11) is -3.82. The molecule has 2 aromatic rings. The van der Waals surface area contributed by atoms with Gasteiger partial charge in [-0.2, -0.15) is 17.5 Å². The third-order valence-corrected chi connectivity index (χ3v) is 6.29. The maximum Gasteiger partial charge on any atom is 0.417 e. The van der Waals surface area contributed by atoms with E-state index in [-0.39, 0.29) is 10.6 Å². The van der Waals surface area contributed by atoms with Gasteiger partial charge in [0.25, 0.3) is 5.91 Å². The van der Waals surface area contributed by atoms with Crippen LogP contribution in [0.4, 0.5) is 18.9 Å². The van der Waals surface area contributed by atoms with Gasteiger partial charge in [-0.25, -0.2) is 8.42 Å². The van der Waals surface area contributed by atoms with Crippen molar-refractivity contribution >= 4 is 21.6 Å². The lowest BCUT2D eigenvalue weighted by molar-refractivity contribution is -0.137. The number of nitrogens with one attached hydrogen (secondary N) is 1. The molecule has 28 heavy (non-hydrogen) atoms. The van der Waals surface area contributed by atoms with Gasteiger partial charge < -0.3 is 10.4 Å². The molecule has 0 bridgehead atoms. The van der Waals surface area contributed by atoms with Crippen LogP contribution in [0.3, 0.4) is 0 Å². The number of alkyl halides is 3. The molecule has 0 atom stereocenters. The molecule has 1 saturated heterocycles. The van der Waals surface area contributed by atoms with E-state index in [1.807, 2.05) is 0 Å². The van der Waals surface area contributed by atoms with Crippen molar-refractivity contribution in [1.29, 1.82) is 0 Å². The van der Waals surface area contributed by atoms with Gasteiger partial charge in [0, 0.05) is 13.1 Å². The number of benzene rings is 2. The molecule has 2 aromatic carbocycles. The lowest BCUT2D eigenvalue weighted by Crippen LogP contribution is -2.28. The normalized spacial score (nSPS) is 15.5. The fourth-order valence-corrected chi connectivity index (χ4v) is 4.52. The van der Waals surface area contributed by atoms with Gasteiger partial charge in [0.15, 0.2) is 0 Å². The number of carbonyl (C=O) groups is 1. The maximum absolute atomic E-state index is 13.1. The van der Waals surface area contributed by atoms with E-state index >= 15 is 0 Å². The first-order chi connectivity index (χ1) is 13.1. The van der Waals surface area contributed by atoms with Crippen LogP contribution in [0.1, 0.15) is 28.8 Å². The fraction of sp³-hybridized carbons (Fsp3) is 0.278. The van der Waals surface area contributed by atoms with Gasteiger partial charge in [0.1, 0.15) is 5.75 Å². The van der Waals surface area contributed by atoms with Crippen LogP contribution in [0.25, 0.3) is 0 Å². The molecule has 1 amide bonds. The van der Waals surface area contributed by atoms with Crippen molar-refractivity contribution in [1.82, 2.24) is 4.31 Å². The number of halogens is 3. The Morgan fingerprint density at radius 1 is 1.07 bits per heavy atom. The topological polar surface area (TPSA) is 86.7 Å². The largest absolute Gasteiger partial charge is 0.506 e. The molecule has 0 radical (unpaired) electrons. The van der Waals surface area contributed by atoms with Crippen molar-refractivity contribution in [2.45, 2.75) is 23.9 Å². The van der Waals surface area contributed by atoms with Crippen LogP contribution in [0, 0.1) is 0 Å². The van der Waals surface area contributed by atoms with Gasteiger partial charge in [-0.05, 0) is 43.2 Å². The lowest BCUT2D eigenvalue weighted by Gasteiger charge is -2.17. The summed E-state index contributed by atoms with van der Waals surface area (Å²) >= 11 is 0. The summed E-state index contributed by atoms with van der Waals surface area (Å²) < 4.78 is 65.8. The Bertz CT molecular complexity index is 1000. The number of phenolic OH excluding ortho intramolecular Hbond substituents is 1. The Kier molecular flexibility index (Phi) is 5.35. The number of hydrogen-bond donors (Lipinski definition) is 2. The average Bonchev–Trinajstić information content (AvgIpc) is 3.18. The molecule has 10 heteroatoms. The predicted octanol–water partition coefficient (Wildman–Crippen LogP) is 3.45. The zero-order valence-corrected chi connectivity index (χ0v) is 15.3. The van der Waals surface area contributed by atoms with Crippen LogP contribution in [0.15, 0.2) is 47.4 Å². The van der Waals surface area contributed by atoms with Gasteiger partial charge in [0.05, 0.1) is 21.7 Å². The van der Waals surface area contributed by atoms with E-state index in [2.05, 4.69) is 5.32 Å². The highest BCUT2D eigenvalue weighted by molar-refractivity contribution is 7.89. The number of phenols is 1. The van der Waals surface area contributed by atoms with Crippen LogP contribution < -0.4 is 5.32 Å². The molecule has 1 heterocycles. The molecule has 0 aliphatic carbocycles. The number of carbonyl (C=O) groups excluding carboxylic acids is 1. The van der Waals surface area contributed by atoms with Gasteiger partial charge in [-0.1, -0.05) is 12.1 Å². The van der Waals surface area contributed by atoms with E-state index in [4.69, 9.17) is 0 Å². The summed E-state index contributed by atoms with van der Waals surface area (Å²) in [5, 5.41) is 12.1. The minimum absolute atomic E-state index is 0.161. The maximum atomic E-state index is 13.1. The van der Waals surface area contributed by atoms with E-state index in [0.717, 1.165) is 43.2 Å². The summed E-state index contributed by atoms with van der Waals surface area (Å²) in [5.74, 6) is -1.57. The second-order valence-electron chi connectivity index (χ2n) is 6.29. The molecule has 3 rings (SSSR count). The van der Waals surface area contributed by atoms with Crippen molar-refractivity contribution < 1.29 is 31.5 Å². The molecule has 1 aliphatic heterocycles. The van der Waals surface area contributed by atoms with Crippen molar-refractivity contribution in [3.63, 3.8) is 0 Å². The molecular formula is C18H17F3N2O4S. The van der Waals surface area contributed by atoms with Gasteiger partial charge in [-0.15, -0.1) is 0 Å². The number of rotatable bonds is 4. The minimum Gasteiger partial charge on any atom is -0.506 e.